The molecule has 2 fully saturated rings. The van der Waals surface area contributed by atoms with Crippen LogP contribution in [0.1, 0.15) is 24.8 Å². The number of benzene rings is 2. The molecule has 2 aliphatic heterocycles. The largest absolute Gasteiger partial charge is 0.496 e. The van der Waals surface area contributed by atoms with Gasteiger partial charge >= 0.3 is 0 Å². The Labute approximate surface area is 175 Å². The van der Waals surface area contributed by atoms with E-state index >= 15 is 0 Å². The predicted octanol–water partition coefficient (Wildman–Crippen LogP) is 5.09. The summed E-state index contributed by atoms with van der Waals surface area (Å²) >= 11 is 6.78. The molecule has 0 bridgehead atoms. The third kappa shape index (κ3) is 3.80. The molecule has 0 aromatic heterocycles. The number of ether oxygens (including phenoxy) is 1. The predicted molar refractivity (Wildman–Crippen MR) is 121 cm³/mol. The van der Waals surface area contributed by atoms with Gasteiger partial charge in [-0.1, -0.05) is 42.2 Å². The van der Waals surface area contributed by atoms with E-state index in [9.17, 15) is 4.79 Å². The normalized spacial score (nSPS) is 18.8. The van der Waals surface area contributed by atoms with Crippen molar-refractivity contribution in [2.45, 2.75) is 19.3 Å². The van der Waals surface area contributed by atoms with Crippen LogP contribution >= 0.6 is 24.0 Å². The van der Waals surface area contributed by atoms with Crippen LogP contribution in [-0.2, 0) is 4.79 Å². The number of carbonyl (C=O) groups is 1. The number of nitrogens with zero attached hydrogens (tertiary/aromatic N) is 2. The fourth-order valence-electron chi connectivity index (χ4n) is 3.58. The third-order valence-corrected chi connectivity index (χ3v) is 6.34. The summed E-state index contributed by atoms with van der Waals surface area (Å²) in [5.74, 6) is 0.677. The van der Waals surface area contributed by atoms with E-state index in [0.29, 0.717) is 9.23 Å². The molecule has 0 spiro atoms. The third-order valence-electron chi connectivity index (χ3n) is 5.03. The van der Waals surface area contributed by atoms with Crippen LogP contribution in [0.2, 0.25) is 0 Å². The molecule has 144 valence electrons. The second kappa shape index (κ2) is 8.37. The molecule has 2 aromatic carbocycles. The maximum atomic E-state index is 12.9. The average molecular weight is 411 g/mol. The lowest BCUT2D eigenvalue weighted by Gasteiger charge is -2.29. The highest BCUT2D eigenvalue weighted by Gasteiger charge is 2.33. The number of methoxy groups -OCH3 is 1. The lowest BCUT2D eigenvalue weighted by Crippen LogP contribution is -2.29. The second-order valence-corrected chi connectivity index (χ2v) is 8.50. The van der Waals surface area contributed by atoms with Gasteiger partial charge in [-0.05, 0) is 49.6 Å². The number of hydrogen-bond donors (Lipinski definition) is 0. The molecule has 2 saturated heterocycles. The van der Waals surface area contributed by atoms with Crippen molar-refractivity contribution < 1.29 is 9.53 Å². The first-order valence-corrected chi connectivity index (χ1v) is 10.7. The Morgan fingerprint density at radius 2 is 1.79 bits per heavy atom. The number of hydrogen-bond acceptors (Lipinski definition) is 5. The van der Waals surface area contributed by atoms with Crippen molar-refractivity contribution in [1.82, 2.24) is 0 Å². The van der Waals surface area contributed by atoms with Gasteiger partial charge < -0.3 is 9.64 Å². The Kier molecular flexibility index (Phi) is 5.69. The van der Waals surface area contributed by atoms with Crippen molar-refractivity contribution in [2.75, 3.05) is 30.0 Å². The first-order chi connectivity index (χ1) is 13.7. The zero-order chi connectivity index (χ0) is 19.5. The number of thioether (sulfide) groups is 1. The molecule has 2 heterocycles. The minimum Gasteiger partial charge on any atom is -0.496 e. The van der Waals surface area contributed by atoms with Crippen molar-refractivity contribution in [3.63, 3.8) is 0 Å². The maximum Gasteiger partial charge on any atom is 0.270 e. The van der Waals surface area contributed by atoms with Crippen molar-refractivity contribution in [1.29, 1.82) is 0 Å². The highest BCUT2D eigenvalue weighted by molar-refractivity contribution is 8.27. The highest BCUT2D eigenvalue weighted by Crippen LogP contribution is 2.37. The number of carbonyl (C=O) groups excluding carboxylic acids is 1. The topological polar surface area (TPSA) is 32.8 Å². The molecule has 0 saturated carbocycles. The minimum absolute atomic E-state index is 0.0941. The first-order valence-electron chi connectivity index (χ1n) is 9.43. The van der Waals surface area contributed by atoms with Gasteiger partial charge in [-0.15, -0.1) is 0 Å². The summed E-state index contributed by atoms with van der Waals surface area (Å²) < 4.78 is 6.17. The van der Waals surface area contributed by atoms with E-state index in [4.69, 9.17) is 17.0 Å². The van der Waals surface area contributed by atoms with E-state index in [1.54, 1.807) is 12.0 Å². The van der Waals surface area contributed by atoms with Gasteiger partial charge in [0.05, 0.1) is 17.7 Å². The Balaban J connectivity index is 1.61. The number of amides is 1. The zero-order valence-electron chi connectivity index (χ0n) is 15.8. The summed E-state index contributed by atoms with van der Waals surface area (Å²) in [7, 11) is 1.67. The number of rotatable bonds is 4. The van der Waals surface area contributed by atoms with E-state index in [1.807, 2.05) is 42.5 Å². The van der Waals surface area contributed by atoms with Gasteiger partial charge in [-0.3, -0.25) is 9.69 Å². The van der Waals surface area contributed by atoms with Gasteiger partial charge in [0.2, 0.25) is 0 Å². The second-order valence-electron chi connectivity index (χ2n) is 6.83. The molecule has 4 rings (SSSR count). The molecule has 0 radical (unpaired) electrons. The van der Waals surface area contributed by atoms with E-state index in [2.05, 4.69) is 17.0 Å². The standard InChI is InChI=1S/C22H22N2O2S2/c1-26-19-15-18(23-12-6-3-7-13-23)11-10-16(19)14-20-21(25)24(22(27)28-20)17-8-4-2-5-9-17/h2,4-5,8-11,14-15H,3,6-7,12-13H2,1H3/b20-14-. The Hall–Kier alpha value is -2.31. The van der Waals surface area contributed by atoms with Crippen LogP contribution in [0.15, 0.2) is 53.4 Å². The lowest BCUT2D eigenvalue weighted by atomic mass is 10.1. The Bertz CT molecular complexity index is 921. The van der Waals surface area contributed by atoms with Crippen LogP contribution < -0.4 is 14.5 Å². The fourth-order valence-corrected chi connectivity index (χ4v) is 4.87. The molecule has 0 unspecified atom stereocenters. The van der Waals surface area contributed by atoms with Gasteiger partial charge in [0.15, 0.2) is 4.32 Å². The van der Waals surface area contributed by atoms with Crippen LogP contribution in [0.4, 0.5) is 11.4 Å². The van der Waals surface area contributed by atoms with Gasteiger partial charge in [-0.2, -0.15) is 0 Å². The van der Waals surface area contributed by atoms with Gasteiger partial charge in [0.1, 0.15) is 5.75 Å². The summed E-state index contributed by atoms with van der Waals surface area (Å²) in [4.78, 5) is 17.5. The van der Waals surface area contributed by atoms with Crippen molar-refractivity contribution in [3.05, 3.63) is 59.0 Å². The molecular weight excluding hydrogens is 388 g/mol. The van der Waals surface area contributed by atoms with E-state index in [-0.39, 0.29) is 5.91 Å². The van der Waals surface area contributed by atoms with Gasteiger partial charge in [-0.25, -0.2) is 0 Å². The molecule has 0 N–H and O–H groups in total. The molecule has 2 aliphatic rings. The van der Waals surface area contributed by atoms with Crippen molar-refractivity contribution in [3.8, 4) is 5.75 Å². The molecule has 6 heteroatoms. The van der Waals surface area contributed by atoms with Crippen LogP contribution in [-0.4, -0.2) is 30.4 Å². The van der Waals surface area contributed by atoms with E-state index in [1.165, 1.54) is 36.7 Å². The number of thiocarbonyl (C=S) groups is 1. The van der Waals surface area contributed by atoms with Crippen molar-refractivity contribution in [2.24, 2.45) is 0 Å². The first kappa shape index (κ1) is 19.0. The quantitative estimate of drug-likeness (QED) is 0.518. The van der Waals surface area contributed by atoms with Crippen LogP contribution in [0.25, 0.3) is 6.08 Å². The van der Waals surface area contributed by atoms with E-state index < -0.39 is 0 Å². The molecular formula is C22H22N2O2S2. The molecule has 28 heavy (non-hydrogen) atoms. The average Bonchev–Trinajstić information content (AvgIpc) is 3.02. The monoisotopic (exact) mass is 410 g/mol. The van der Waals surface area contributed by atoms with Crippen LogP contribution in [0.3, 0.4) is 0 Å². The van der Waals surface area contributed by atoms with E-state index in [0.717, 1.165) is 30.1 Å². The summed E-state index contributed by atoms with van der Waals surface area (Å²) in [5, 5.41) is 0. The summed E-state index contributed by atoms with van der Waals surface area (Å²) in [5.41, 5.74) is 2.85. The molecule has 2 aromatic rings. The van der Waals surface area contributed by atoms with Gasteiger partial charge in [0, 0.05) is 30.4 Å². The van der Waals surface area contributed by atoms with Crippen LogP contribution in [0, 0.1) is 0 Å². The Morgan fingerprint density at radius 1 is 1.04 bits per heavy atom. The number of piperidine rings is 1. The van der Waals surface area contributed by atoms with Crippen LogP contribution in [0.5, 0.6) is 5.75 Å². The SMILES string of the molecule is COc1cc(N2CCCCC2)ccc1/C=C1\SC(=S)N(c2ccccc2)C1=O. The molecule has 4 nitrogen and oxygen atoms in total. The highest BCUT2D eigenvalue weighted by atomic mass is 32.2. The van der Waals surface area contributed by atoms with Gasteiger partial charge in [0.25, 0.3) is 5.91 Å². The minimum atomic E-state index is -0.0941. The fraction of sp³-hybridized carbons (Fsp3) is 0.273. The molecule has 1 amide bonds. The Morgan fingerprint density at radius 3 is 2.50 bits per heavy atom. The smallest absolute Gasteiger partial charge is 0.270 e. The number of para-hydroxylation sites is 1. The maximum absolute atomic E-state index is 12.9. The molecule has 0 atom stereocenters. The summed E-state index contributed by atoms with van der Waals surface area (Å²) in [6.45, 7) is 2.16. The molecule has 0 aliphatic carbocycles. The number of anilines is 2. The van der Waals surface area contributed by atoms with Crippen molar-refractivity contribution >= 4 is 51.7 Å². The summed E-state index contributed by atoms with van der Waals surface area (Å²) in [6, 6.07) is 15.7. The summed E-state index contributed by atoms with van der Waals surface area (Å²) in [6.07, 6.45) is 5.63. The zero-order valence-corrected chi connectivity index (χ0v) is 17.4. The lowest BCUT2D eigenvalue weighted by molar-refractivity contribution is -0.113.